The van der Waals surface area contributed by atoms with E-state index in [4.69, 9.17) is 0 Å². The van der Waals surface area contributed by atoms with Crippen molar-refractivity contribution in [3.05, 3.63) is 0 Å². The van der Waals surface area contributed by atoms with Crippen molar-refractivity contribution < 1.29 is 0 Å². The van der Waals surface area contributed by atoms with Crippen molar-refractivity contribution >= 4 is 0 Å². The van der Waals surface area contributed by atoms with Gasteiger partial charge in [0.1, 0.15) is 0 Å². The van der Waals surface area contributed by atoms with Crippen LogP contribution in [-0.2, 0) is 0 Å². The lowest BCUT2D eigenvalue weighted by molar-refractivity contribution is 0.0980. The molecule has 2 unspecified atom stereocenters. The van der Waals surface area contributed by atoms with E-state index in [1.165, 1.54) is 52.0 Å². The van der Waals surface area contributed by atoms with Crippen molar-refractivity contribution in [1.82, 2.24) is 15.1 Å². The fraction of sp³-hybridized carbons (Fsp3) is 1.00. The molecule has 0 radical (unpaired) electrons. The molecule has 16 heavy (non-hydrogen) atoms. The SMILES string of the molecule is CCCNC(C)CN1CCN2CCCC2C1. The Morgan fingerprint density at radius 1 is 1.31 bits per heavy atom. The van der Waals surface area contributed by atoms with Crippen LogP contribution in [0.25, 0.3) is 0 Å². The summed E-state index contributed by atoms with van der Waals surface area (Å²) in [6.45, 7) is 12.2. The highest BCUT2D eigenvalue weighted by molar-refractivity contribution is 4.87. The van der Waals surface area contributed by atoms with Gasteiger partial charge >= 0.3 is 0 Å². The lowest BCUT2D eigenvalue weighted by atomic mass is 10.1. The zero-order valence-corrected chi connectivity index (χ0v) is 10.9. The molecule has 2 atom stereocenters. The summed E-state index contributed by atoms with van der Waals surface area (Å²) in [6.07, 6.45) is 4.08. The van der Waals surface area contributed by atoms with Crippen molar-refractivity contribution in [2.75, 3.05) is 39.3 Å². The highest BCUT2D eigenvalue weighted by Crippen LogP contribution is 2.21. The second-order valence-corrected chi connectivity index (χ2v) is 5.45. The van der Waals surface area contributed by atoms with Crippen LogP contribution in [0.5, 0.6) is 0 Å². The first kappa shape index (κ1) is 12.3. The quantitative estimate of drug-likeness (QED) is 0.757. The normalized spacial score (nSPS) is 29.2. The molecule has 0 bridgehead atoms. The molecule has 0 aliphatic carbocycles. The summed E-state index contributed by atoms with van der Waals surface area (Å²) in [6, 6.07) is 1.51. The lowest BCUT2D eigenvalue weighted by Crippen LogP contribution is -2.53. The van der Waals surface area contributed by atoms with Crippen LogP contribution in [0.1, 0.15) is 33.1 Å². The van der Waals surface area contributed by atoms with Gasteiger partial charge < -0.3 is 5.32 Å². The van der Waals surface area contributed by atoms with Crippen LogP contribution >= 0.6 is 0 Å². The summed E-state index contributed by atoms with van der Waals surface area (Å²) in [4.78, 5) is 5.33. The van der Waals surface area contributed by atoms with Gasteiger partial charge in [0.25, 0.3) is 0 Å². The second-order valence-electron chi connectivity index (χ2n) is 5.45. The number of hydrogen-bond donors (Lipinski definition) is 1. The minimum Gasteiger partial charge on any atom is -0.313 e. The van der Waals surface area contributed by atoms with E-state index >= 15 is 0 Å². The first-order valence-electron chi connectivity index (χ1n) is 6.99. The molecule has 2 heterocycles. The fourth-order valence-corrected chi connectivity index (χ4v) is 3.06. The molecule has 2 aliphatic rings. The van der Waals surface area contributed by atoms with Gasteiger partial charge in [0.05, 0.1) is 0 Å². The van der Waals surface area contributed by atoms with Gasteiger partial charge in [-0.25, -0.2) is 0 Å². The summed E-state index contributed by atoms with van der Waals surface area (Å²) in [7, 11) is 0. The Morgan fingerprint density at radius 2 is 2.19 bits per heavy atom. The van der Waals surface area contributed by atoms with Gasteiger partial charge in [-0.3, -0.25) is 9.80 Å². The summed E-state index contributed by atoms with van der Waals surface area (Å²) in [5.41, 5.74) is 0. The van der Waals surface area contributed by atoms with Gasteiger partial charge in [-0.1, -0.05) is 6.92 Å². The van der Waals surface area contributed by atoms with Crippen molar-refractivity contribution in [1.29, 1.82) is 0 Å². The average Bonchev–Trinajstić information content (AvgIpc) is 2.73. The third-order valence-corrected chi connectivity index (χ3v) is 3.95. The summed E-state index contributed by atoms with van der Waals surface area (Å²) < 4.78 is 0. The first-order valence-corrected chi connectivity index (χ1v) is 6.99. The molecule has 94 valence electrons. The molecule has 1 N–H and O–H groups in total. The predicted octanol–water partition coefficient (Wildman–Crippen LogP) is 1.15. The monoisotopic (exact) mass is 225 g/mol. The zero-order valence-electron chi connectivity index (χ0n) is 10.9. The molecular formula is C13H27N3. The molecule has 0 saturated carbocycles. The summed E-state index contributed by atoms with van der Waals surface area (Å²) in [5.74, 6) is 0. The average molecular weight is 225 g/mol. The minimum atomic E-state index is 0.646. The van der Waals surface area contributed by atoms with Gasteiger partial charge in [0, 0.05) is 38.3 Å². The highest BCUT2D eigenvalue weighted by atomic mass is 15.3. The number of piperazine rings is 1. The standard InChI is InChI=1S/C13H27N3/c1-3-6-14-12(2)10-15-8-9-16-7-4-5-13(16)11-15/h12-14H,3-11H2,1-2H3. The molecule has 2 saturated heterocycles. The first-order chi connectivity index (χ1) is 7.79. The topological polar surface area (TPSA) is 18.5 Å². The van der Waals surface area contributed by atoms with E-state index in [0.29, 0.717) is 6.04 Å². The Morgan fingerprint density at radius 3 is 3.00 bits per heavy atom. The van der Waals surface area contributed by atoms with Gasteiger partial charge in [-0.2, -0.15) is 0 Å². The van der Waals surface area contributed by atoms with Crippen LogP contribution in [-0.4, -0.2) is 61.2 Å². The van der Waals surface area contributed by atoms with E-state index in [2.05, 4.69) is 29.0 Å². The van der Waals surface area contributed by atoms with E-state index in [-0.39, 0.29) is 0 Å². The van der Waals surface area contributed by atoms with E-state index < -0.39 is 0 Å². The number of fused-ring (bicyclic) bond motifs is 1. The minimum absolute atomic E-state index is 0.646. The Balaban J connectivity index is 1.70. The van der Waals surface area contributed by atoms with E-state index in [9.17, 15) is 0 Å². The number of rotatable bonds is 5. The molecule has 3 nitrogen and oxygen atoms in total. The Labute approximate surface area is 100 Å². The summed E-state index contributed by atoms with van der Waals surface area (Å²) >= 11 is 0. The number of hydrogen-bond acceptors (Lipinski definition) is 3. The van der Waals surface area contributed by atoms with Crippen LogP contribution in [0.3, 0.4) is 0 Å². The molecule has 0 spiro atoms. The molecule has 2 fully saturated rings. The molecule has 0 amide bonds. The van der Waals surface area contributed by atoms with Gasteiger partial charge in [-0.15, -0.1) is 0 Å². The van der Waals surface area contributed by atoms with Crippen molar-refractivity contribution in [3.8, 4) is 0 Å². The third kappa shape index (κ3) is 3.19. The Kier molecular flexibility index (Phi) is 4.62. The molecule has 2 rings (SSSR count). The maximum Gasteiger partial charge on any atom is 0.0224 e. The molecule has 2 aliphatic heterocycles. The van der Waals surface area contributed by atoms with E-state index in [0.717, 1.165) is 12.6 Å². The zero-order chi connectivity index (χ0) is 11.4. The van der Waals surface area contributed by atoms with Crippen molar-refractivity contribution in [2.24, 2.45) is 0 Å². The van der Waals surface area contributed by atoms with Gasteiger partial charge in [-0.05, 0) is 39.3 Å². The molecular weight excluding hydrogens is 198 g/mol. The fourth-order valence-electron chi connectivity index (χ4n) is 3.06. The van der Waals surface area contributed by atoms with Crippen LogP contribution in [0.2, 0.25) is 0 Å². The lowest BCUT2D eigenvalue weighted by Gasteiger charge is -2.38. The van der Waals surface area contributed by atoms with Gasteiger partial charge in [0.2, 0.25) is 0 Å². The summed E-state index contributed by atoms with van der Waals surface area (Å²) in [5, 5.41) is 3.58. The largest absolute Gasteiger partial charge is 0.313 e. The van der Waals surface area contributed by atoms with Crippen LogP contribution in [0, 0.1) is 0 Å². The number of nitrogens with zero attached hydrogens (tertiary/aromatic N) is 2. The maximum atomic E-state index is 3.58. The highest BCUT2D eigenvalue weighted by Gasteiger charge is 2.30. The Bertz CT molecular complexity index is 207. The van der Waals surface area contributed by atoms with Crippen LogP contribution in [0.4, 0.5) is 0 Å². The van der Waals surface area contributed by atoms with E-state index in [1.54, 1.807) is 0 Å². The second kappa shape index (κ2) is 5.99. The van der Waals surface area contributed by atoms with Crippen molar-refractivity contribution in [3.63, 3.8) is 0 Å². The molecule has 0 aromatic carbocycles. The van der Waals surface area contributed by atoms with Crippen LogP contribution < -0.4 is 5.32 Å². The maximum absolute atomic E-state index is 3.58. The predicted molar refractivity (Wildman–Crippen MR) is 68.8 cm³/mol. The van der Waals surface area contributed by atoms with Gasteiger partial charge in [0.15, 0.2) is 0 Å². The van der Waals surface area contributed by atoms with E-state index in [1.807, 2.05) is 0 Å². The smallest absolute Gasteiger partial charge is 0.0224 e. The molecule has 0 aromatic heterocycles. The molecule has 0 aromatic rings. The van der Waals surface area contributed by atoms with Crippen molar-refractivity contribution in [2.45, 2.75) is 45.2 Å². The van der Waals surface area contributed by atoms with Crippen LogP contribution in [0.15, 0.2) is 0 Å². The molecule has 3 heteroatoms. The number of nitrogens with one attached hydrogen (secondary N) is 1. The Hall–Kier alpha value is -0.120. The third-order valence-electron chi connectivity index (χ3n) is 3.95.